The Morgan fingerprint density at radius 3 is 2.50 bits per heavy atom. The van der Waals surface area contributed by atoms with Crippen LogP contribution in [0.5, 0.6) is 0 Å². The Morgan fingerprint density at radius 2 is 1.90 bits per heavy atom. The lowest BCUT2D eigenvalue weighted by molar-refractivity contribution is -0.137. The molecule has 0 amide bonds. The van der Waals surface area contributed by atoms with E-state index in [0.29, 0.717) is 10.6 Å². The monoisotopic (exact) mass is 302 g/mol. The second-order valence-corrected chi connectivity index (χ2v) is 4.99. The van der Waals surface area contributed by atoms with Crippen LogP contribution in [0.1, 0.15) is 11.1 Å². The van der Waals surface area contributed by atoms with Crippen LogP contribution in [-0.4, -0.2) is 4.98 Å². The number of benzene rings is 1. The first kappa shape index (κ1) is 14.6. The second kappa shape index (κ2) is 5.70. The molecule has 2 rings (SSSR count). The summed E-state index contributed by atoms with van der Waals surface area (Å²) < 4.78 is 50.7. The predicted octanol–water partition coefficient (Wildman–Crippen LogP) is 4.11. The van der Waals surface area contributed by atoms with Gasteiger partial charge in [0, 0.05) is 17.5 Å². The fourth-order valence-corrected chi connectivity index (χ4v) is 2.31. The number of rotatable bonds is 3. The maximum Gasteiger partial charge on any atom is 0.417 e. The predicted molar refractivity (Wildman–Crippen MR) is 69.6 cm³/mol. The van der Waals surface area contributed by atoms with Crippen LogP contribution in [0.3, 0.4) is 0 Å². The molecule has 0 saturated heterocycles. The molecule has 2 N–H and O–H groups in total. The quantitative estimate of drug-likeness (QED) is 0.527. The molecular weight excluding hydrogens is 292 g/mol. The molecule has 106 valence electrons. The van der Waals surface area contributed by atoms with Gasteiger partial charge in [-0.15, -0.1) is 11.8 Å². The average Bonchev–Trinajstić information content (AvgIpc) is 2.40. The molecular formula is C13H10F4N2S. The first-order chi connectivity index (χ1) is 9.38. The van der Waals surface area contributed by atoms with Crippen LogP contribution in [0.4, 0.5) is 23.2 Å². The zero-order chi connectivity index (χ0) is 14.8. The van der Waals surface area contributed by atoms with Crippen LogP contribution >= 0.6 is 11.8 Å². The zero-order valence-corrected chi connectivity index (χ0v) is 10.9. The molecule has 0 aliphatic rings. The zero-order valence-electron chi connectivity index (χ0n) is 10.1. The second-order valence-electron chi connectivity index (χ2n) is 3.99. The Labute approximate surface area is 117 Å². The van der Waals surface area contributed by atoms with Gasteiger partial charge in [-0.05, 0) is 18.2 Å². The average molecular weight is 302 g/mol. The SMILES string of the molecule is Nc1cccc(CSc2ccc(C(F)(F)F)cn2)c1F. The highest BCUT2D eigenvalue weighted by molar-refractivity contribution is 7.98. The van der Waals surface area contributed by atoms with Crippen molar-refractivity contribution in [3.8, 4) is 0 Å². The van der Waals surface area contributed by atoms with Crippen molar-refractivity contribution in [3.05, 3.63) is 53.5 Å². The van der Waals surface area contributed by atoms with Crippen LogP contribution in [0, 0.1) is 5.82 Å². The highest BCUT2D eigenvalue weighted by Crippen LogP contribution is 2.30. The Kier molecular flexibility index (Phi) is 4.17. The maximum atomic E-state index is 13.6. The van der Waals surface area contributed by atoms with Crippen molar-refractivity contribution in [3.63, 3.8) is 0 Å². The number of nitrogen functional groups attached to an aromatic ring is 1. The number of pyridine rings is 1. The van der Waals surface area contributed by atoms with Gasteiger partial charge in [-0.25, -0.2) is 9.37 Å². The summed E-state index contributed by atoms with van der Waals surface area (Å²) in [5.74, 6) is -0.262. The van der Waals surface area contributed by atoms with Crippen LogP contribution in [0.2, 0.25) is 0 Å². The van der Waals surface area contributed by atoms with Crippen molar-refractivity contribution in [1.29, 1.82) is 0 Å². The number of anilines is 1. The van der Waals surface area contributed by atoms with Crippen molar-refractivity contribution < 1.29 is 17.6 Å². The minimum Gasteiger partial charge on any atom is -0.396 e. The standard InChI is InChI=1S/C13H10F4N2S/c14-12-8(2-1-3-10(12)18)7-20-11-5-4-9(6-19-11)13(15,16)17/h1-6H,7,18H2. The molecule has 2 aromatic rings. The van der Waals surface area contributed by atoms with E-state index in [2.05, 4.69) is 4.98 Å². The van der Waals surface area contributed by atoms with E-state index in [4.69, 9.17) is 5.73 Å². The lowest BCUT2D eigenvalue weighted by atomic mass is 10.2. The number of aromatic nitrogens is 1. The number of thioether (sulfide) groups is 1. The van der Waals surface area contributed by atoms with Crippen LogP contribution in [-0.2, 0) is 11.9 Å². The third-order valence-corrected chi connectivity index (χ3v) is 3.54. The molecule has 1 heterocycles. The first-order valence-corrected chi connectivity index (χ1v) is 6.55. The molecule has 7 heteroatoms. The number of halogens is 4. The lowest BCUT2D eigenvalue weighted by Gasteiger charge is -2.07. The van der Waals surface area contributed by atoms with Crippen molar-refractivity contribution >= 4 is 17.4 Å². The Hall–Kier alpha value is -1.76. The van der Waals surface area contributed by atoms with Crippen LogP contribution < -0.4 is 5.73 Å². The van der Waals surface area contributed by atoms with E-state index in [0.717, 1.165) is 24.0 Å². The van der Waals surface area contributed by atoms with Gasteiger partial charge in [0.25, 0.3) is 0 Å². The van der Waals surface area contributed by atoms with E-state index in [9.17, 15) is 17.6 Å². The van der Waals surface area contributed by atoms with E-state index in [1.54, 1.807) is 12.1 Å². The van der Waals surface area contributed by atoms with Gasteiger partial charge in [-0.3, -0.25) is 0 Å². The summed E-state index contributed by atoms with van der Waals surface area (Å²) in [5.41, 5.74) is 5.05. The largest absolute Gasteiger partial charge is 0.417 e. The van der Waals surface area contributed by atoms with E-state index in [1.807, 2.05) is 0 Å². The molecule has 0 aliphatic heterocycles. The van der Waals surface area contributed by atoms with Crippen molar-refractivity contribution in [2.24, 2.45) is 0 Å². The highest BCUT2D eigenvalue weighted by atomic mass is 32.2. The molecule has 0 saturated carbocycles. The molecule has 0 radical (unpaired) electrons. The molecule has 2 nitrogen and oxygen atoms in total. The highest BCUT2D eigenvalue weighted by Gasteiger charge is 2.30. The van der Waals surface area contributed by atoms with Crippen LogP contribution in [0.25, 0.3) is 0 Å². The van der Waals surface area contributed by atoms with E-state index in [-0.39, 0.29) is 11.4 Å². The molecule has 0 fully saturated rings. The molecule has 20 heavy (non-hydrogen) atoms. The molecule has 0 atom stereocenters. The summed E-state index contributed by atoms with van der Waals surface area (Å²) in [5, 5.41) is 0.389. The van der Waals surface area contributed by atoms with Crippen LogP contribution in [0.15, 0.2) is 41.6 Å². The number of hydrogen-bond acceptors (Lipinski definition) is 3. The molecule has 0 unspecified atom stereocenters. The Morgan fingerprint density at radius 1 is 1.15 bits per heavy atom. The number of nitrogens with zero attached hydrogens (tertiary/aromatic N) is 1. The van der Waals surface area contributed by atoms with E-state index in [1.165, 1.54) is 12.1 Å². The minimum absolute atomic E-state index is 0.0449. The van der Waals surface area contributed by atoms with Gasteiger partial charge in [-0.1, -0.05) is 12.1 Å². The maximum absolute atomic E-state index is 13.6. The molecule has 0 bridgehead atoms. The number of alkyl halides is 3. The van der Waals surface area contributed by atoms with Gasteiger partial charge >= 0.3 is 6.18 Å². The molecule has 0 spiro atoms. The summed E-state index contributed by atoms with van der Waals surface area (Å²) in [6, 6.07) is 6.85. The first-order valence-electron chi connectivity index (χ1n) is 5.57. The van der Waals surface area contributed by atoms with Gasteiger partial charge in [0.15, 0.2) is 0 Å². The summed E-state index contributed by atoms with van der Waals surface area (Å²) in [7, 11) is 0. The van der Waals surface area contributed by atoms with Crippen molar-refractivity contribution in [2.45, 2.75) is 17.0 Å². The number of hydrogen-bond donors (Lipinski definition) is 1. The Balaban J connectivity index is 2.06. The Bertz CT molecular complexity index is 596. The van der Waals surface area contributed by atoms with E-state index >= 15 is 0 Å². The van der Waals surface area contributed by atoms with Gasteiger partial charge in [0.2, 0.25) is 0 Å². The third-order valence-electron chi connectivity index (χ3n) is 2.55. The molecule has 0 aliphatic carbocycles. The van der Waals surface area contributed by atoms with Gasteiger partial charge in [0.05, 0.1) is 16.3 Å². The van der Waals surface area contributed by atoms with Gasteiger partial charge in [0.1, 0.15) is 5.82 Å². The smallest absolute Gasteiger partial charge is 0.396 e. The summed E-state index contributed by atoms with van der Waals surface area (Å²) >= 11 is 1.14. The molecule has 1 aromatic heterocycles. The topological polar surface area (TPSA) is 38.9 Å². The lowest BCUT2D eigenvalue weighted by Crippen LogP contribution is -2.05. The third kappa shape index (κ3) is 3.41. The van der Waals surface area contributed by atoms with Gasteiger partial charge < -0.3 is 5.73 Å². The van der Waals surface area contributed by atoms with Crippen molar-refractivity contribution in [2.75, 3.05) is 5.73 Å². The summed E-state index contributed by atoms with van der Waals surface area (Å²) in [6.45, 7) is 0. The van der Waals surface area contributed by atoms with E-state index < -0.39 is 17.6 Å². The minimum atomic E-state index is -4.41. The van der Waals surface area contributed by atoms with Crippen molar-refractivity contribution in [1.82, 2.24) is 4.98 Å². The summed E-state index contributed by atoms with van der Waals surface area (Å²) in [4.78, 5) is 3.70. The normalized spacial score (nSPS) is 11.6. The summed E-state index contributed by atoms with van der Waals surface area (Å²) in [6.07, 6.45) is -3.64. The molecule has 1 aromatic carbocycles. The van der Waals surface area contributed by atoms with Gasteiger partial charge in [-0.2, -0.15) is 13.2 Å². The fraction of sp³-hybridized carbons (Fsp3) is 0.154. The number of nitrogens with two attached hydrogens (primary N) is 1. The fourth-order valence-electron chi connectivity index (χ4n) is 1.50.